The smallest absolute Gasteiger partial charge is 0.122 e. The molecule has 1 atom stereocenters. The number of benzene rings is 1. The number of hydrogen-bond donors (Lipinski definition) is 2. The summed E-state index contributed by atoms with van der Waals surface area (Å²) < 4.78 is 5.38. The third-order valence-corrected chi connectivity index (χ3v) is 3.17. The Morgan fingerprint density at radius 2 is 2.00 bits per heavy atom. The summed E-state index contributed by atoms with van der Waals surface area (Å²) in [4.78, 5) is 0. The zero-order valence-electron chi connectivity index (χ0n) is 12.0. The van der Waals surface area contributed by atoms with E-state index in [0.717, 1.165) is 30.9 Å². The highest BCUT2D eigenvalue weighted by atomic mass is 16.5. The van der Waals surface area contributed by atoms with Crippen molar-refractivity contribution in [1.82, 2.24) is 0 Å². The van der Waals surface area contributed by atoms with E-state index in [1.165, 1.54) is 5.56 Å². The molecule has 0 heterocycles. The summed E-state index contributed by atoms with van der Waals surface area (Å²) in [5.74, 6) is 2.02. The molecule has 0 spiro atoms. The average Bonchev–Trinajstić information content (AvgIpc) is 2.36. The van der Waals surface area contributed by atoms with Gasteiger partial charge in [-0.1, -0.05) is 20.8 Å². The SMILES string of the molecule is COc1ccc(NCC(C)CCN)cc1C(C)C. The van der Waals surface area contributed by atoms with Gasteiger partial charge in [-0.3, -0.25) is 0 Å². The molecule has 0 aromatic heterocycles. The van der Waals surface area contributed by atoms with Crippen molar-refractivity contribution in [2.45, 2.75) is 33.1 Å². The number of ether oxygens (including phenoxy) is 1. The molecule has 0 fully saturated rings. The van der Waals surface area contributed by atoms with Crippen molar-refractivity contribution in [3.8, 4) is 5.75 Å². The second-order valence-electron chi connectivity index (χ2n) is 5.17. The first kappa shape index (κ1) is 14.8. The van der Waals surface area contributed by atoms with Gasteiger partial charge in [-0.25, -0.2) is 0 Å². The molecule has 0 aliphatic heterocycles. The molecule has 0 bridgehead atoms. The van der Waals surface area contributed by atoms with Crippen molar-refractivity contribution in [3.63, 3.8) is 0 Å². The maximum atomic E-state index is 5.56. The van der Waals surface area contributed by atoms with Crippen LogP contribution in [-0.2, 0) is 0 Å². The van der Waals surface area contributed by atoms with Crippen LogP contribution in [0.2, 0.25) is 0 Å². The monoisotopic (exact) mass is 250 g/mol. The van der Waals surface area contributed by atoms with Crippen molar-refractivity contribution in [1.29, 1.82) is 0 Å². The van der Waals surface area contributed by atoms with Crippen LogP contribution < -0.4 is 15.8 Å². The van der Waals surface area contributed by atoms with Gasteiger partial charge in [0.1, 0.15) is 5.75 Å². The summed E-state index contributed by atoms with van der Waals surface area (Å²) in [5, 5.41) is 3.46. The number of rotatable bonds is 7. The van der Waals surface area contributed by atoms with Crippen molar-refractivity contribution in [2.24, 2.45) is 11.7 Å². The Hall–Kier alpha value is -1.22. The van der Waals surface area contributed by atoms with Crippen LogP contribution in [0.15, 0.2) is 18.2 Å². The van der Waals surface area contributed by atoms with Crippen molar-refractivity contribution in [3.05, 3.63) is 23.8 Å². The van der Waals surface area contributed by atoms with Gasteiger partial charge >= 0.3 is 0 Å². The summed E-state index contributed by atoms with van der Waals surface area (Å²) in [6, 6.07) is 6.28. The van der Waals surface area contributed by atoms with Gasteiger partial charge in [-0.05, 0) is 48.6 Å². The lowest BCUT2D eigenvalue weighted by Gasteiger charge is -2.16. The minimum atomic E-state index is 0.461. The van der Waals surface area contributed by atoms with Gasteiger partial charge in [-0.2, -0.15) is 0 Å². The fourth-order valence-corrected chi connectivity index (χ4v) is 1.97. The highest BCUT2D eigenvalue weighted by Crippen LogP contribution is 2.29. The summed E-state index contributed by atoms with van der Waals surface area (Å²) in [6.45, 7) is 8.29. The molecule has 1 aromatic rings. The molecule has 0 saturated carbocycles. The Bertz CT molecular complexity index is 364. The summed E-state index contributed by atoms with van der Waals surface area (Å²) in [5.41, 5.74) is 7.96. The maximum absolute atomic E-state index is 5.56. The van der Waals surface area contributed by atoms with E-state index < -0.39 is 0 Å². The van der Waals surface area contributed by atoms with Crippen LogP contribution in [0.25, 0.3) is 0 Å². The molecular formula is C15H26N2O. The third-order valence-electron chi connectivity index (χ3n) is 3.17. The maximum Gasteiger partial charge on any atom is 0.122 e. The molecule has 18 heavy (non-hydrogen) atoms. The lowest BCUT2D eigenvalue weighted by Crippen LogP contribution is -2.15. The van der Waals surface area contributed by atoms with E-state index in [-0.39, 0.29) is 0 Å². The molecule has 0 aliphatic rings. The first-order valence-electron chi connectivity index (χ1n) is 6.70. The standard InChI is InChI=1S/C15H26N2O/c1-11(2)14-9-13(5-6-15(14)18-4)17-10-12(3)7-8-16/h5-6,9,11-12,17H,7-8,10,16H2,1-4H3. The fourth-order valence-electron chi connectivity index (χ4n) is 1.97. The molecular weight excluding hydrogens is 224 g/mol. The van der Waals surface area contributed by atoms with Gasteiger partial charge in [0, 0.05) is 12.2 Å². The lowest BCUT2D eigenvalue weighted by molar-refractivity contribution is 0.407. The second-order valence-corrected chi connectivity index (χ2v) is 5.17. The Morgan fingerprint density at radius 3 is 2.56 bits per heavy atom. The van der Waals surface area contributed by atoms with Crippen LogP contribution in [0.4, 0.5) is 5.69 Å². The number of anilines is 1. The Balaban J connectivity index is 2.70. The van der Waals surface area contributed by atoms with E-state index in [9.17, 15) is 0 Å². The van der Waals surface area contributed by atoms with Gasteiger partial charge in [0.15, 0.2) is 0 Å². The van der Waals surface area contributed by atoms with Crippen LogP contribution in [0, 0.1) is 5.92 Å². The van der Waals surface area contributed by atoms with Gasteiger partial charge < -0.3 is 15.8 Å². The van der Waals surface area contributed by atoms with Crippen molar-refractivity contribution < 1.29 is 4.74 Å². The van der Waals surface area contributed by atoms with Gasteiger partial charge in [0.25, 0.3) is 0 Å². The Labute approximate surface area is 111 Å². The number of nitrogens with one attached hydrogen (secondary N) is 1. The quantitative estimate of drug-likeness (QED) is 0.781. The van der Waals surface area contributed by atoms with E-state index in [2.05, 4.69) is 38.2 Å². The van der Waals surface area contributed by atoms with Crippen molar-refractivity contribution in [2.75, 3.05) is 25.5 Å². The third kappa shape index (κ3) is 4.22. The summed E-state index contributed by atoms with van der Waals surface area (Å²) in [6.07, 6.45) is 1.06. The lowest BCUT2D eigenvalue weighted by atomic mass is 10.0. The number of methoxy groups -OCH3 is 1. The van der Waals surface area contributed by atoms with E-state index in [0.29, 0.717) is 11.8 Å². The molecule has 1 rings (SSSR count). The summed E-state index contributed by atoms with van der Waals surface area (Å²) in [7, 11) is 1.72. The van der Waals surface area contributed by atoms with Gasteiger partial charge in [0.05, 0.1) is 7.11 Å². The first-order valence-corrected chi connectivity index (χ1v) is 6.70. The Morgan fingerprint density at radius 1 is 1.28 bits per heavy atom. The van der Waals surface area contributed by atoms with E-state index in [1.807, 2.05) is 6.07 Å². The summed E-state index contributed by atoms with van der Waals surface area (Å²) >= 11 is 0. The van der Waals surface area contributed by atoms with Crippen molar-refractivity contribution >= 4 is 5.69 Å². The average molecular weight is 250 g/mol. The molecule has 0 amide bonds. The van der Waals surface area contributed by atoms with Crippen LogP contribution in [0.3, 0.4) is 0 Å². The van der Waals surface area contributed by atoms with Gasteiger partial charge in [-0.15, -0.1) is 0 Å². The van der Waals surface area contributed by atoms with Crippen LogP contribution in [0.1, 0.15) is 38.7 Å². The molecule has 0 aliphatic carbocycles. The minimum absolute atomic E-state index is 0.461. The number of hydrogen-bond acceptors (Lipinski definition) is 3. The fraction of sp³-hybridized carbons (Fsp3) is 0.600. The zero-order chi connectivity index (χ0) is 13.5. The van der Waals surface area contributed by atoms with Gasteiger partial charge in [0.2, 0.25) is 0 Å². The van der Waals surface area contributed by atoms with Crippen LogP contribution in [-0.4, -0.2) is 20.2 Å². The largest absolute Gasteiger partial charge is 0.496 e. The molecule has 3 heteroatoms. The molecule has 3 nitrogen and oxygen atoms in total. The van der Waals surface area contributed by atoms with Crippen LogP contribution in [0.5, 0.6) is 5.75 Å². The normalized spacial score (nSPS) is 12.6. The molecule has 0 saturated heterocycles. The first-order chi connectivity index (χ1) is 8.58. The second kappa shape index (κ2) is 7.27. The molecule has 1 aromatic carbocycles. The predicted molar refractivity (Wildman–Crippen MR) is 78.4 cm³/mol. The van der Waals surface area contributed by atoms with E-state index >= 15 is 0 Å². The predicted octanol–water partition coefficient (Wildman–Crippen LogP) is 3.22. The van der Waals surface area contributed by atoms with E-state index in [4.69, 9.17) is 10.5 Å². The zero-order valence-corrected chi connectivity index (χ0v) is 12.0. The molecule has 3 N–H and O–H groups in total. The molecule has 0 radical (unpaired) electrons. The molecule has 1 unspecified atom stereocenters. The minimum Gasteiger partial charge on any atom is -0.496 e. The highest BCUT2D eigenvalue weighted by Gasteiger charge is 2.08. The highest BCUT2D eigenvalue weighted by molar-refractivity contribution is 5.52. The topological polar surface area (TPSA) is 47.3 Å². The molecule has 102 valence electrons. The van der Waals surface area contributed by atoms with Crippen LogP contribution >= 0.6 is 0 Å². The number of nitrogens with two attached hydrogens (primary N) is 1. The van der Waals surface area contributed by atoms with E-state index in [1.54, 1.807) is 7.11 Å². The Kier molecular flexibility index (Phi) is 5.99.